The Morgan fingerprint density at radius 2 is 1.80 bits per heavy atom. The first-order valence-corrected chi connectivity index (χ1v) is 13.1. The van der Waals surface area contributed by atoms with E-state index in [0.717, 1.165) is 60.6 Å². The standard InChI is InChI=1S/C26H31N5O3S/c1-3-34-26(33)19-8-7-11-31(16-19)25(32)22-18(2)21-23(27-17-28-24(21)35-22)30-14-12-29(13-15-30)20-9-5-4-6-10-20/h4-6,9-10,17,19H,3,7-8,11-16H2,1-2H3. The molecule has 2 aliphatic heterocycles. The molecule has 4 heterocycles. The Morgan fingerprint density at radius 3 is 2.54 bits per heavy atom. The summed E-state index contributed by atoms with van der Waals surface area (Å²) in [6, 6.07) is 10.5. The van der Waals surface area contributed by atoms with E-state index in [1.54, 1.807) is 11.2 Å². The molecule has 5 rings (SSSR count). The Morgan fingerprint density at radius 1 is 1.06 bits per heavy atom. The van der Waals surface area contributed by atoms with E-state index in [1.165, 1.54) is 17.0 Å². The summed E-state index contributed by atoms with van der Waals surface area (Å²) in [4.78, 5) is 42.9. The fourth-order valence-corrected chi connectivity index (χ4v) is 6.18. The second kappa shape index (κ2) is 10.2. The van der Waals surface area contributed by atoms with Crippen LogP contribution in [-0.2, 0) is 9.53 Å². The third-order valence-corrected chi connectivity index (χ3v) is 8.12. The number of benzene rings is 1. The normalized spacial score (nSPS) is 18.7. The maximum Gasteiger partial charge on any atom is 0.310 e. The highest BCUT2D eigenvalue weighted by Crippen LogP contribution is 2.36. The van der Waals surface area contributed by atoms with Crippen LogP contribution >= 0.6 is 11.3 Å². The quantitative estimate of drug-likeness (QED) is 0.501. The van der Waals surface area contributed by atoms with Gasteiger partial charge in [0, 0.05) is 45.0 Å². The monoisotopic (exact) mass is 493 g/mol. The topological polar surface area (TPSA) is 78.9 Å². The molecule has 2 aliphatic rings. The Labute approximate surface area is 209 Å². The van der Waals surface area contributed by atoms with Crippen molar-refractivity contribution in [2.75, 3.05) is 55.7 Å². The number of hydrogen-bond acceptors (Lipinski definition) is 8. The highest BCUT2D eigenvalue weighted by atomic mass is 32.1. The maximum absolute atomic E-state index is 13.5. The van der Waals surface area contributed by atoms with Gasteiger partial charge >= 0.3 is 5.97 Å². The number of fused-ring (bicyclic) bond motifs is 1. The number of thiophene rings is 1. The molecule has 0 N–H and O–H groups in total. The van der Waals surface area contributed by atoms with Crippen LogP contribution in [0.15, 0.2) is 36.7 Å². The largest absolute Gasteiger partial charge is 0.466 e. The zero-order valence-electron chi connectivity index (χ0n) is 20.3. The van der Waals surface area contributed by atoms with Gasteiger partial charge < -0.3 is 19.4 Å². The number of likely N-dealkylation sites (tertiary alicyclic amines) is 1. The van der Waals surface area contributed by atoms with Gasteiger partial charge in [-0.3, -0.25) is 9.59 Å². The number of aryl methyl sites for hydroxylation is 1. The summed E-state index contributed by atoms with van der Waals surface area (Å²) in [6.07, 6.45) is 3.16. The molecule has 0 saturated carbocycles. The van der Waals surface area contributed by atoms with Crippen molar-refractivity contribution in [2.24, 2.45) is 5.92 Å². The number of rotatable bonds is 5. The number of esters is 1. The molecule has 1 unspecified atom stereocenters. The van der Waals surface area contributed by atoms with Crippen molar-refractivity contribution < 1.29 is 14.3 Å². The smallest absolute Gasteiger partial charge is 0.310 e. The Balaban J connectivity index is 1.35. The van der Waals surface area contributed by atoms with Crippen LogP contribution in [0.3, 0.4) is 0 Å². The van der Waals surface area contributed by atoms with Crippen LogP contribution in [0.1, 0.15) is 35.0 Å². The molecule has 0 radical (unpaired) electrons. The molecule has 0 aliphatic carbocycles. The van der Waals surface area contributed by atoms with Crippen molar-refractivity contribution in [3.63, 3.8) is 0 Å². The minimum Gasteiger partial charge on any atom is -0.466 e. The highest BCUT2D eigenvalue weighted by molar-refractivity contribution is 7.20. The number of piperidine rings is 1. The summed E-state index contributed by atoms with van der Waals surface area (Å²) in [5.41, 5.74) is 2.16. The van der Waals surface area contributed by atoms with Gasteiger partial charge in [-0.15, -0.1) is 11.3 Å². The lowest BCUT2D eigenvalue weighted by atomic mass is 9.98. The molecule has 0 bridgehead atoms. The zero-order chi connectivity index (χ0) is 24.4. The molecule has 0 spiro atoms. The van der Waals surface area contributed by atoms with E-state index in [2.05, 4.69) is 44.0 Å². The van der Waals surface area contributed by atoms with Crippen LogP contribution in [0.5, 0.6) is 0 Å². The minimum atomic E-state index is -0.251. The van der Waals surface area contributed by atoms with Gasteiger partial charge in [-0.05, 0) is 44.4 Å². The van der Waals surface area contributed by atoms with Crippen molar-refractivity contribution in [1.82, 2.24) is 14.9 Å². The molecule has 2 fully saturated rings. The van der Waals surface area contributed by atoms with Crippen LogP contribution < -0.4 is 9.80 Å². The number of carbonyl (C=O) groups excluding carboxylic acids is 2. The number of ether oxygens (including phenoxy) is 1. The minimum absolute atomic E-state index is 0.0284. The number of hydrogen-bond donors (Lipinski definition) is 0. The Kier molecular flexibility index (Phi) is 6.86. The predicted molar refractivity (Wildman–Crippen MR) is 138 cm³/mol. The van der Waals surface area contributed by atoms with Gasteiger partial charge in [-0.1, -0.05) is 18.2 Å². The molecule has 2 saturated heterocycles. The molecule has 1 atom stereocenters. The van der Waals surface area contributed by atoms with Gasteiger partial charge in [0.25, 0.3) is 5.91 Å². The number of nitrogens with zero attached hydrogens (tertiary/aromatic N) is 5. The number of anilines is 2. The van der Waals surface area contributed by atoms with Gasteiger partial charge in [0.1, 0.15) is 17.0 Å². The number of aromatic nitrogens is 2. The predicted octanol–water partition coefficient (Wildman–Crippen LogP) is 3.74. The van der Waals surface area contributed by atoms with Crippen LogP contribution in [-0.4, -0.2) is 72.6 Å². The first kappa shape index (κ1) is 23.5. The van der Waals surface area contributed by atoms with E-state index < -0.39 is 0 Å². The average Bonchev–Trinajstić information content (AvgIpc) is 3.25. The summed E-state index contributed by atoms with van der Waals surface area (Å²) in [7, 11) is 0. The summed E-state index contributed by atoms with van der Waals surface area (Å²) in [5.74, 6) is 0.414. The van der Waals surface area contributed by atoms with Crippen molar-refractivity contribution in [1.29, 1.82) is 0 Å². The van der Waals surface area contributed by atoms with Crippen LogP contribution in [0.4, 0.5) is 11.5 Å². The molecule has 2 aromatic heterocycles. The third-order valence-electron chi connectivity index (χ3n) is 6.93. The maximum atomic E-state index is 13.5. The first-order chi connectivity index (χ1) is 17.1. The lowest BCUT2D eigenvalue weighted by Crippen LogP contribution is -2.46. The average molecular weight is 494 g/mol. The van der Waals surface area contributed by atoms with Crippen LogP contribution in [0, 0.1) is 12.8 Å². The molecular weight excluding hydrogens is 462 g/mol. The van der Waals surface area contributed by atoms with Crippen LogP contribution in [0.25, 0.3) is 10.2 Å². The van der Waals surface area contributed by atoms with Gasteiger partial charge in [-0.25, -0.2) is 9.97 Å². The molecule has 1 aromatic carbocycles. The summed E-state index contributed by atoms with van der Waals surface area (Å²) in [6.45, 7) is 8.75. The fourth-order valence-electron chi connectivity index (χ4n) is 5.07. The van der Waals surface area contributed by atoms with E-state index in [1.807, 2.05) is 19.9 Å². The van der Waals surface area contributed by atoms with Crippen molar-refractivity contribution in [3.05, 3.63) is 47.1 Å². The third kappa shape index (κ3) is 4.69. The summed E-state index contributed by atoms with van der Waals surface area (Å²) >= 11 is 1.43. The van der Waals surface area contributed by atoms with Gasteiger partial charge in [0.05, 0.1) is 22.8 Å². The summed E-state index contributed by atoms with van der Waals surface area (Å²) in [5, 5.41) is 0.966. The van der Waals surface area contributed by atoms with Gasteiger partial charge in [-0.2, -0.15) is 0 Å². The van der Waals surface area contributed by atoms with Crippen molar-refractivity contribution >= 4 is 44.9 Å². The highest BCUT2D eigenvalue weighted by Gasteiger charge is 2.32. The van der Waals surface area contributed by atoms with Crippen molar-refractivity contribution in [3.8, 4) is 0 Å². The number of para-hydroxylation sites is 1. The number of piperazine rings is 1. The lowest BCUT2D eigenvalue weighted by molar-refractivity contribution is -0.149. The van der Waals surface area contributed by atoms with Crippen molar-refractivity contribution in [2.45, 2.75) is 26.7 Å². The molecule has 9 heteroatoms. The molecular formula is C26H31N5O3S. The van der Waals surface area contributed by atoms with Gasteiger partial charge in [0.2, 0.25) is 0 Å². The molecule has 3 aromatic rings. The molecule has 1 amide bonds. The second-order valence-electron chi connectivity index (χ2n) is 9.09. The fraction of sp³-hybridized carbons (Fsp3) is 0.462. The lowest BCUT2D eigenvalue weighted by Gasteiger charge is -2.37. The second-order valence-corrected chi connectivity index (χ2v) is 10.1. The zero-order valence-corrected chi connectivity index (χ0v) is 21.1. The van der Waals surface area contributed by atoms with E-state index >= 15 is 0 Å². The number of carbonyl (C=O) groups is 2. The first-order valence-electron chi connectivity index (χ1n) is 12.3. The van der Waals surface area contributed by atoms with Crippen LogP contribution in [0.2, 0.25) is 0 Å². The molecule has 8 nitrogen and oxygen atoms in total. The summed E-state index contributed by atoms with van der Waals surface area (Å²) < 4.78 is 5.20. The molecule has 35 heavy (non-hydrogen) atoms. The van der Waals surface area contributed by atoms with E-state index in [-0.39, 0.29) is 17.8 Å². The van der Waals surface area contributed by atoms with E-state index in [0.29, 0.717) is 24.6 Å². The SMILES string of the molecule is CCOC(=O)C1CCCN(C(=O)c2sc3ncnc(N4CCN(c5ccccc5)CC4)c3c2C)C1. The molecule has 184 valence electrons. The Bertz CT molecular complexity index is 1210. The van der Waals surface area contributed by atoms with E-state index in [4.69, 9.17) is 4.74 Å². The van der Waals surface area contributed by atoms with E-state index in [9.17, 15) is 9.59 Å². The van der Waals surface area contributed by atoms with Gasteiger partial charge in [0.15, 0.2) is 0 Å². The number of amides is 1. The Hall–Kier alpha value is -3.20.